The van der Waals surface area contributed by atoms with Crippen molar-refractivity contribution in [3.8, 4) is 28.4 Å². The van der Waals surface area contributed by atoms with Crippen LogP contribution in [0.4, 0.5) is 0 Å². The van der Waals surface area contributed by atoms with Crippen molar-refractivity contribution in [3.05, 3.63) is 52.9 Å². The summed E-state index contributed by atoms with van der Waals surface area (Å²) >= 11 is 0. The van der Waals surface area contributed by atoms with Crippen molar-refractivity contribution in [1.82, 2.24) is 0 Å². The summed E-state index contributed by atoms with van der Waals surface area (Å²) < 4.78 is 32.2. The van der Waals surface area contributed by atoms with Crippen LogP contribution in [0.2, 0.25) is 0 Å². The van der Waals surface area contributed by atoms with Gasteiger partial charge in [0, 0.05) is 18.9 Å². The molecule has 210 valence electrons. The van der Waals surface area contributed by atoms with Crippen molar-refractivity contribution in [2.75, 3.05) is 34.5 Å². The number of hydrogen-bond donors (Lipinski definition) is 0. The van der Waals surface area contributed by atoms with E-state index in [2.05, 4.69) is 9.47 Å². The third kappa shape index (κ3) is 8.77. The van der Waals surface area contributed by atoms with Gasteiger partial charge in [-0.25, -0.2) is 0 Å². The predicted molar refractivity (Wildman–Crippen MR) is 146 cm³/mol. The molecular formula is C30H36O9. The maximum atomic E-state index is 13.3. The van der Waals surface area contributed by atoms with Crippen LogP contribution >= 0.6 is 0 Å². The molecule has 0 saturated carbocycles. The van der Waals surface area contributed by atoms with Gasteiger partial charge >= 0.3 is 11.9 Å². The Labute approximate surface area is 228 Å². The number of ether oxygens (including phenoxy) is 5. The fraction of sp³-hybridized carbons (Fsp3) is 0.433. The van der Waals surface area contributed by atoms with E-state index in [4.69, 9.17) is 18.6 Å². The smallest absolute Gasteiger partial charge is 0.305 e. The van der Waals surface area contributed by atoms with E-state index in [0.717, 1.165) is 38.5 Å². The quantitative estimate of drug-likeness (QED) is 0.167. The van der Waals surface area contributed by atoms with E-state index in [0.29, 0.717) is 65.4 Å². The topological polar surface area (TPSA) is 110 Å². The van der Waals surface area contributed by atoms with E-state index < -0.39 is 0 Å². The minimum Gasteiger partial charge on any atom is -0.494 e. The third-order valence-electron chi connectivity index (χ3n) is 6.26. The van der Waals surface area contributed by atoms with Crippen molar-refractivity contribution in [1.29, 1.82) is 0 Å². The van der Waals surface area contributed by atoms with E-state index in [1.54, 1.807) is 12.1 Å². The first kappa shape index (κ1) is 29.5. The molecule has 0 bridgehead atoms. The number of carbonyl (C=O) groups is 2. The van der Waals surface area contributed by atoms with E-state index >= 15 is 0 Å². The average Bonchev–Trinajstić information content (AvgIpc) is 2.96. The monoisotopic (exact) mass is 540 g/mol. The molecule has 1 aromatic heterocycles. The molecule has 39 heavy (non-hydrogen) atoms. The fourth-order valence-corrected chi connectivity index (χ4v) is 4.01. The molecule has 0 amide bonds. The van der Waals surface area contributed by atoms with Gasteiger partial charge in [0.2, 0.25) is 5.43 Å². The fourth-order valence-electron chi connectivity index (χ4n) is 4.01. The normalized spacial score (nSPS) is 10.7. The molecule has 2 aromatic carbocycles. The number of unbranched alkanes of at least 4 members (excludes halogenated alkanes) is 4. The van der Waals surface area contributed by atoms with Crippen molar-refractivity contribution in [2.45, 2.75) is 51.4 Å². The first-order valence-electron chi connectivity index (χ1n) is 13.1. The molecule has 1 heterocycles. The van der Waals surface area contributed by atoms with Crippen molar-refractivity contribution >= 4 is 22.9 Å². The lowest BCUT2D eigenvalue weighted by atomic mass is 10.1. The molecule has 0 atom stereocenters. The second-order valence-corrected chi connectivity index (χ2v) is 8.97. The van der Waals surface area contributed by atoms with Crippen LogP contribution in [0.15, 0.2) is 51.9 Å². The molecule has 9 nitrogen and oxygen atoms in total. The van der Waals surface area contributed by atoms with E-state index in [9.17, 15) is 14.4 Å². The molecule has 0 radical (unpaired) electrons. The van der Waals surface area contributed by atoms with Gasteiger partial charge in [-0.05, 0) is 62.3 Å². The van der Waals surface area contributed by atoms with E-state index in [1.165, 1.54) is 27.6 Å². The second-order valence-electron chi connectivity index (χ2n) is 8.97. The Morgan fingerprint density at radius 1 is 0.744 bits per heavy atom. The second kappa shape index (κ2) is 15.4. The van der Waals surface area contributed by atoms with Crippen molar-refractivity contribution < 1.29 is 37.7 Å². The summed E-state index contributed by atoms with van der Waals surface area (Å²) in [4.78, 5) is 35.6. The summed E-state index contributed by atoms with van der Waals surface area (Å²) in [7, 11) is 4.29. The maximum Gasteiger partial charge on any atom is 0.305 e. The molecule has 0 unspecified atom stereocenters. The zero-order chi connectivity index (χ0) is 28.0. The van der Waals surface area contributed by atoms with E-state index in [1.807, 2.05) is 24.3 Å². The Bertz CT molecular complexity index is 1280. The molecule has 0 spiro atoms. The summed E-state index contributed by atoms with van der Waals surface area (Å²) in [5, 5.41) is 0.391. The predicted octanol–water partition coefficient (Wildman–Crippen LogP) is 5.69. The van der Waals surface area contributed by atoms with Crippen LogP contribution in [0.5, 0.6) is 17.2 Å². The minimum atomic E-state index is -0.216. The highest BCUT2D eigenvalue weighted by molar-refractivity contribution is 5.84. The summed E-state index contributed by atoms with van der Waals surface area (Å²) in [5.41, 5.74) is 1.36. The molecular weight excluding hydrogens is 504 g/mol. The molecule has 0 fully saturated rings. The van der Waals surface area contributed by atoms with Gasteiger partial charge in [-0.1, -0.05) is 12.1 Å². The van der Waals surface area contributed by atoms with Crippen LogP contribution in [-0.4, -0.2) is 46.5 Å². The maximum absolute atomic E-state index is 13.3. The van der Waals surface area contributed by atoms with Gasteiger partial charge in [0.15, 0.2) is 11.5 Å². The number of esters is 2. The molecule has 0 aliphatic carbocycles. The highest BCUT2D eigenvalue weighted by atomic mass is 16.5. The first-order chi connectivity index (χ1) is 19.0. The van der Waals surface area contributed by atoms with Gasteiger partial charge in [-0.3, -0.25) is 14.4 Å². The molecule has 3 aromatic rings. The molecule has 3 rings (SSSR count). The summed E-state index contributed by atoms with van der Waals surface area (Å²) in [6.07, 6.45) is 7.04. The summed E-state index contributed by atoms with van der Waals surface area (Å²) in [5.74, 6) is 1.21. The molecule has 0 aliphatic heterocycles. The standard InChI is InChI=1S/C30H36O9/c1-34-26-18-23-25(19-27(26)38-17-9-5-7-11-29(32)36-3)39-20-24(30(23)33)21-12-14-22(15-13-21)37-16-8-4-6-10-28(31)35-2/h12-15,18-20H,4-11,16-17H2,1-3H3. The Morgan fingerprint density at radius 3 is 1.95 bits per heavy atom. The summed E-state index contributed by atoms with van der Waals surface area (Å²) in [6.45, 7) is 0.976. The highest BCUT2D eigenvalue weighted by Crippen LogP contribution is 2.33. The lowest BCUT2D eigenvalue weighted by Crippen LogP contribution is -2.06. The molecule has 0 saturated heterocycles. The van der Waals surface area contributed by atoms with Crippen LogP contribution < -0.4 is 19.6 Å². The lowest BCUT2D eigenvalue weighted by molar-refractivity contribution is -0.141. The average molecular weight is 541 g/mol. The number of hydrogen-bond acceptors (Lipinski definition) is 9. The third-order valence-corrected chi connectivity index (χ3v) is 6.26. The Hall–Kier alpha value is -4.01. The number of methoxy groups -OCH3 is 3. The zero-order valence-corrected chi connectivity index (χ0v) is 22.8. The van der Waals surface area contributed by atoms with Crippen LogP contribution in [0, 0.1) is 0 Å². The number of carbonyl (C=O) groups excluding carboxylic acids is 2. The first-order valence-corrected chi connectivity index (χ1v) is 13.1. The Balaban J connectivity index is 1.60. The van der Waals surface area contributed by atoms with Gasteiger partial charge in [-0.15, -0.1) is 0 Å². The SMILES string of the molecule is COC(=O)CCCCCOc1ccc(-c2coc3cc(OCCCCCC(=O)OC)c(OC)cc3c2=O)cc1. The van der Waals surface area contributed by atoms with E-state index in [-0.39, 0.29) is 17.4 Å². The lowest BCUT2D eigenvalue weighted by Gasteiger charge is -2.12. The minimum absolute atomic E-state index is 0.178. The molecule has 0 aliphatic rings. The van der Waals surface area contributed by atoms with Crippen molar-refractivity contribution in [2.24, 2.45) is 0 Å². The Kier molecular flexibility index (Phi) is 11.7. The van der Waals surface area contributed by atoms with Crippen LogP contribution in [0.25, 0.3) is 22.1 Å². The van der Waals surface area contributed by atoms with Crippen molar-refractivity contribution in [3.63, 3.8) is 0 Å². The van der Waals surface area contributed by atoms with Gasteiger partial charge in [0.1, 0.15) is 17.6 Å². The zero-order valence-electron chi connectivity index (χ0n) is 22.8. The largest absolute Gasteiger partial charge is 0.494 e. The Morgan fingerprint density at radius 2 is 1.36 bits per heavy atom. The van der Waals surface area contributed by atoms with Gasteiger partial charge in [-0.2, -0.15) is 0 Å². The van der Waals surface area contributed by atoms with Gasteiger partial charge in [0.05, 0.1) is 45.5 Å². The highest BCUT2D eigenvalue weighted by Gasteiger charge is 2.15. The number of rotatable bonds is 16. The van der Waals surface area contributed by atoms with Crippen LogP contribution in [0.3, 0.4) is 0 Å². The number of benzene rings is 2. The summed E-state index contributed by atoms with van der Waals surface area (Å²) in [6, 6.07) is 10.6. The van der Waals surface area contributed by atoms with Gasteiger partial charge < -0.3 is 28.1 Å². The molecule has 0 N–H and O–H groups in total. The number of fused-ring (bicyclic) bond motifs is 1. The molecule has 9 heteroatoms. The van der Waals surface area contributed by atoms with Crippen LogP contribution in [-0.2, 0) is 19.1 Å². The van der Waals surface area contributed by atoms with Crippen LogP contribution in [0.1, 0.15) is 51.4 Å². The van der Waals surface area contributed by atoms with Gasteiger partial charge in [0.25, 0.3) is 0 Å².